The van der Waals surface area contributed by atoms with Crippen LogP contribution in [-0.2, 0) is 21.7 Å². The zero-order chi connectivity index (χ0) is 24.9. The number of hydrogen-bond acceptors (Lipinski definition) is 3. The SMILES string of the molecule is CC(C)(C)c1ccc(C(C)(C)C)c(OC(=O)c2cc(C(C)(C)C)c(O)c(C(C)(C)C)c2)c1. The van der Waals surface area contributed by atoms with Crippen molar-refractivity contribution in [2.24, 2.45) is 0 Å². The second-order valence-electron chi connectivity index (χ2n) is 13.0. The van der Waals surface area contributed by atoms with Crippen LogP contribution in [0.25, 0.3) is 0 Å². The van der Waals surface area contributed by atoms with Crippen molar-refractivity contribution in [3.05, 3.63) is 58.1 Å². The van der Waals surface area contributed by atoms with Gasteiger partial charge in [0.15, 0.2) is 0 Å². The maximum absolute atomic E-state index is 13.4. The Morgan fingerprint density at radius 2 is 1.09 bits per heavy atom. The maximum atomic E-state index is 13.4. The number of aromatic hydroxyl groups is 1. The van der Waals surface area contributed by atoms with E-state index in [1.165, 1.54) is 0 Å². The van der Waals surface area contributed by atoms with Crippen LogP contribution in [0.2, 0.25) is 0 Å². The molecule has 0 fully saturated rings. The lowest BCUT2D eigenvalue weighted by Gasteiger charge is -2.28. The van der Waals surface area contributed by atoms with E-state index >= 15 is 0 Å². The van der Waals surface area contributed by atoms with E-state index in [0.29, 0.717) is 11.3 Å². The fraction of sp³-hybridized carbons (Fsp3) is 0.552. The van der Waals surface area contributed by atoms with Crippen LogP contribution in [-0.4, -0.2) is 11.1 Å². The highest BCUT2D eigenvalue weighted by atomic mass is 16.5. The fourth-order valence-corrected chi connectivity index (χ4v) is 3.75. The Balaban J connectivity index is 2.65. The lowest BCUT2D eigenvalue weighted by Crippen LogP contribution is -2.21. The van der Waals surface area contributed by atoms with E-state index in [0.717, 1.165) is 22.3 Å². The first-order valence-corrected chi connectivity index (χ1v) is 11.5. The largest absolute Gasteiger partial charge is 0.507 e. The molecule has 32 heavy (non-hydrogen) atoms. The van der Waals surface area contributed by atoms with Gasteiger partial charge >= 0.3 is 5.97 Å². The molecular formula is C29H42O3. The molecular weight excluding hydrogens is 396 g/mol. The quantitative estimate of drug-likeness (QED) is 0.384. The van der Waals surface area contributed by atoms with E-state index in [1.54, 1.807) is 12.1 Å². The Hall–Kier alpha value is -2.29. The van der Waals surface area contributed by atoms with Crippen molar-refractivity contribution in [3.8, 4) is 11.5 Å². The number of rotatable bonds is 2. The summed E-state index contributed by atoms with van der Waals surface area (Å²) in [6.45, 7) is 25.0. The maximum Gasteiger partial charge on any atom is 0.343 e. The van der Waals surface area contributed by atoms with Crippen LogP contribution in [0.4, 0.5) is 0 Å². The van der Waals surface area contributed by atoms with Crippen molar-refractivity contribution in [2.75, 3.05) is 0 Å². The summed E-state index contributed by atoms with van der Waals surface area (Å²) in [5, 5.41) is 11.0. The zero-order valence-corrected chi connectivity index (χ0v) is 22.2. The highest BCUT2D eigenvalue weighted by molar-refractivity contribution is 5.92. The number of ether oxygens (including phenoxy) is 1. The molecule has 2 rings (SSSR count). The predicted molar refractivity (Wildman–Crippen MR) is 134 cm³/mol. The minimum absolute atomic E-state index is 0.0606. The topological polar surface area (TPSA) is 46.5 Å². The standard InChI is InChI=1S/C29H42O3/c1-26(2,3)19-13-14-20(27(4,5)6)23(17-19)32-25(31)18-15-21(28(7,8)9)24(30)22(16-18)29(10,11)12/h13-17,30H,1-12H3. The third-order valence-electron chi connectivity index (χ3n) is 5.82. The Bertz CT molecular complexity index is 966. The van der Waals surface area contributed by atoms with E-state index in [9.17, 15) is 9.90 Å². The number of benzene rings is 2. The van der Waals surface area contributed by atoms with Gasteiger partial charge in [-0.3, -0.25) is 0 Å². The summed E-state index contributed by atoms with van der Waals surface area (Å²) in [4.78, 5) is 13.4. The zero-order valence-electron chi connectivity index (χ0n) is 22.2. The molecule has 0 heterocycles. The molecule has 1 N–H and O–H groups in total. The molecule has 0 aliphatic rings. The Kier molecular flexibility index (Phi) is 6.69. The molecule has 0 saturated carbocycles. The second-order valence-corrected chi connectivity index (χ2v) is 13.0. The smallest absolute Gasteiger partial charge is 0.343 e. The van der Waals surface area contributed by atoms with Gasteiger partial charge in [-0.2, -0.15) is 0 Å². The van der Waals surface area contributed by atoms with Crippen LogP contribution < -0.4 is 4.74 Å². The Morgan fingerprint density at radius 1 is 0.656 bits per heavy atom. The minimum Gasteiger partial charge on any atom is -0.507 e. The third-order valence-corrected chi connectivity index (χ3v) is 5.82. The van der Waals surface area contributed by atoms with Gasteiger partial charge in [0.25, 0.3) is 0 Å². The number of phenolic OH excluding ortho intramolecular Hbond substituents is 1. The number of carbonyl (C=O) groups excluding carboxylic acids is 1. The van der Waals surface area contributed by atoms with Crippen molar-refractivity contribution in [3.63, 3.8) is 0 Å². The lowest BCUT2D eigenvalue weighted by molar-refractivity contribution is 0.0731. The van der Waals surface area contributed by atoms with Gasteiger partial charge in [-0.05, 0) is 45.4 Å². The first-order chi connectivity index (χ1) is 14.2. The summed E-state index contributed by atoms with van der Waals surface area (Å²) in [7, 11) is 0. The van der Waals surface area contributed by atoms with Crippen LogP contribution in [0.3, 0.4) is 0 Å². The van der Waals surface area contributed by atoms with E-state index in [2.05, 4.69) is 53.7 Å². The van der Waals surface area contributed by atoms with Crippen LogP contribution >= 0.6 is 0 Å². The highest BCUT2D eigenvalue weighted by Crippen LogP contribution is 2.41. The molecule has 0 aliphatic carbocycles. The predicted octanol–water partition coefficient (Wildman–Crippen LogP) is 7.80. The summed E-state index contributed by atoms with van der Waals surface area (Å²) in [5.74, 6) is 0.446. The minimum atomic E-state index is -0.405. The van der Waals surface area contributed by atoms with Crippen LogP contribution in [0.15, 0.2) is 30.3 Å². The number of phenols is 1. The fourth-order valence-electron chi connectivity index (χ4n) is 3.75. The van der Waals surface area contributed by atoms with Crippen molar-refractivity contribution in [2.45, 2.75) is 105 Å². The van der Waals surface area contributed by atoms with Crippen molar-refractivity contribution < 1.29 is 14.6 Å². The molecule has 0 radical (unpaired) electrons. The average Bonchev–Trinajstić information content (AvgIpc) is 2.57. The number of hydrogen-bond donors (Lipinski definition) is 1. The van der Waals surface area contributed by atoms with Gasteiger partial charge in [0.2, 0.25) is 0 Å². The van der Waals surface area contributed by atoms with E-state index in [4.69, 9.17) is 4.74 Å². The third kappa shape index (κ3) is 5.74. The van der Waals surface area contributed by atoms with E-state index < -0.39 is 5.97 Å². The Morgan fingerprint density at radius 3 is 1.47 bits per heavy atom. The van der Waals surface area contributed by atoms with Gasteiger partial charge in [-0.15, -0.1) is 0 Å². The number of carbonyl (C=O) groups is 1. The molecule has 0 saturated heterocycles. The molecule has 0 aromatic heterocycles. The number of esters is 1. The molecule has 0 atom stereocenters. The van der Waals surface area contributed by atoms with E-state index in [1.807, 2.05) is 47.6 Å². The summed E-state index contributed by atoms with van der Waals surface area (Å²) < 4.78 is 6.05. The molecule has 0 unspecified atom stereocenters. The Labute approximate surface area is 195 Å². The van der Waals surface area contributed by atoms with Gasteiger partial charge in [-0.1, -0.05) is 95.2 Å². The molecule has 0 spiro atoms. The van der Waals surface area contributed by atoms with E-state index in [-0.39, 0.29) is 27.4 Å². The molecule has 2 aromatic carbocycles. The second kappa shape index (κ2) is 8.24. The summed E-state index contributed by atoms with van der Waals surface area (Å²) >= 11 is 0. The average molecular weight is 439 g/mol. The molecule has 2 aromatic rings. The molecule has 0 aliphatic heterocycles. The molecule has 0 amide bonds. The van der Waals surface area contributed by atoms with Crippen molar-refractivity contribution >= 4 is 5.97 Å². The normalized spacial score (nSPS) is 13.2. The van der Waals surface area contributed by atoms with Crippen molar-refractivity contribution in [1.29, 1.82) is 0 Å². The van der Waals surface area contributed by atoms with Gasteiger partial charge in [0.05, 0.1) is 5.56 Å². The van der Waals surface area contributed by atoms with Gasteiger partial charge in [0, 0.05) is 16.7 Å². The first-order valence-electron chi connectivity index (χ1n) is 11.5. The molecule has 176 valence electrons. The lowest BCUT2D eigenvalue weighted by atomic mass is 9.78. The van der Waals surface area contributed by atoms with Crippen molar-refractivity contribution in [1.82, 2.24) is 0 Å². The molecule has 3 nitrogen and oxygen atoms in total. The molecule has 3 heteroatoms. The summed E-state index contributed by atoms with van der Waals surface area (Å²) in [6, 6.07) is 9.73. The summed E-state index contributed by atoms with van der Waals surface area (Å²) in [6.07, 6.45) is 0. The van der Waals surface area contributed by atoms with Gasteiger partial charge in [-0.25, -0.2) is 4.79 Å². The first kappa shape index (κ1) is 26.0. The highest BCUT2D eigenvalue weighted by Gasteiger charge is 2.29. The van der Waals surface area contributed by atoms with Crippen LogP contribution in [0, 0.1) is 0 Å². The monoisotopic (exact) mass is 438 g/mol. The van der Waals surface area contributed by atoms with Crippen LogP contribution in [0.1, 0.15) is 116 Å². The van der Waals surface area contributed by atoms with Gasteiger partial charge < -0.3 is 9.84 Å². The van der Waals surface area contributed by atoms with Crippen LogP contribution in [0.5, 0.6) is 11.5 Å². The summed E-state index contributed by atoms with van der Waals surface area (Å²) in [5.41, 5.74) is 3.19. The molecule has 0 bridgehead atoms. The van der Waals surface area contributed by atoms with Gasteiger partial charge in [0.1, 0.15) is 11.5 Å².